The Labute approximate surface area is 195 Å². The van der Waals surface area contributed by atoms with Gasteiger partial charge in [-0.25, -0.2) is 5.48 Å². The lowest BCUT2D eigenvalue weighted by Crippen LogP contribution is -2.52. The predicted octanol–water partition coefficient (Wildman–Crippen LogP) is 1.13. The molecule has 0 fully saturated rings. The lowest BCUT2D eigenvalue weighted by Gasteiger charge is -2.26. The van der Waals surface area contributed by atoms with Gasteiger partial charge in [0.05, 0.1) is 6.67 Å². The number of fused-ring (bicyclic) bond motifs is 5. The molecule has 2 heterocycles. The van der Waals surface area contributed by atoms with Crippen LogP contribution in [0.5, 0.6) is 0 Å². The normalized spacial score (nSPS) is 24.3. The van der Waals surface area contributed by atoms with Crippen LogP contribution in [0.2, 0.25) is 0 Å². The molecule has 0 radical (unpaired) electrons. The van der Waals surface area contributed by atoms with Gasteiger partial charge in [0.15, 0.2) is 0 Å². The Kier molecular flexibility index (Phi) is 8.10. The minimum Gasteiger partial charge on any atom is -0.367 e. The number of likely N-dealkylation sites (N-methyl/N-ethyl adjacent to an activating group) is 1. The maximum absolute atomic E-state index is 13.1. The third-order valence-corrected chi connectivity index (χ3v) is 6.68. The Morgan fingerprint density at radius 3 is 2.58 bits per heavy atom. The zero-order valence-electron chi connectivity index (χ0n) is 19.8. The molecule has 1 aromatic rings. The molecule has 4 atom stereocenters. The molecule has 1 aromatic carbocycles. The third kappa shape index (κ3) is 5.91. The lowest BCUT2D eigenvalue weighted by atomic mass is 9.91. The van der Waals surface area contributed by atoms with Gasteiger partial charge >= 0.3 is 0 Å². The van der Waals surface area contributed by atoms with Crippen molar-refractivity contribution in [3.8, 4) is 0 Å². The first kappa shape index (κ1) is 24.7. The third-order valence-electron chi connectivity index (χ3n) is 6.68. The average Bonchev–Trinajstić information content (AvgIpc) is 3.14. The molecular formula is C24H35N5O4. The minimum absolute atomic E-state index is 0.0799. The topological polar surface area (TPSA) is 114 Å². The largest absolute Gasteiger partial charge is 0.367 e. The molecule has 3 amide bonds. The number of nitrogens with one attached hydrogen (secondary N) is 3. The van der Waals surface area contributed by atoms with Crippen LogP contribution in [0.25, 0.3) is 0 Å². The lowest BCUT2D eigenvalue weighted by molar-refractivity contribution is -0.140. The van der Waals surface area contributed by atoms with E-state index in [-0.39, 0.29) is 11.8 Å². The Morgan fingerprint density at radius 1 is 1.15 bits per heavy atom. The number of hydroxylamine groups is 1. The number of amides is 3. The highest BCUT2D eigenvalue weighted by Crippen LogP contribution is 2.39. The molecule has 0 spiro atoms. The van der Waals surface area contributed by atoms with E-state index in [9.17, 15) is 14.4 Å². The van der Waals surface area contributed by atoms with E-state index in [1.54, 1.807) is 19.3 Å². The van der Waals surface area contributed by atoms with Crippen LogP contribution < -0.4 is 21.0 Å². The van der Waals surface area contributed by atoms with E-state index in [4.69, 9.17) is 5.21 Å². The van der Waals surface area contributed by atoms with Crippen molar-refractivity contribution in [2.45, 2.75) is 39.2 Å². The monoisotopic (exact) mass is 457 g/mol. The SMILES string of the molecule is Cc1ccc2c(c1)C1CC(NC(=O)C(C)C(C)C(=O)NO)C(=O)NCN(C)C/C=C/CN2C1. The molecule has 2 aliphatic rings. The number of hydrogen-bond acceptors (Lipinski definition) is 6. The van der Waals surface area contributed by atoms with Crippen LogP contribution in [0.15, 0.2) is 30.4 Å². The van der Waals surface area contributed by atoms with E-state index in [0.717, 1.165) is 24.3 Å². The van der Waals surface area contributed by atoms with E-state index >= 15 is 0 Å². The van der Waals surface area contributed by atoms with E-state index < -0.39 is 29.7 Å². The molecule has 9 heteroatoms. The van der Waals surface area contributed by atoms with Crippen molar-refractivity contribution < 1.29 is 19.6 Å². The van der Waals surface area contributed by atoms with Crippen LogP contribution >= 0.6 is 0 Å². The van der Waals surface area contributed by atoms with Gasteiger partial charge < -0.3 is 15.5 Å². The number of anilines is 1. The fourth-order valence-electron chi connectivity index (χ4n) is 4.36. The predicted molar refractivity (Wildman–Crippen MR) is 126 cm³/mol. The summed E-state index contributed by atoms with van der Waals surface area (Å²) in [6.07, 6.45) is 4.70. The first-order valence-corrected chi connectivity index (χ1v) is 11.4. The summed E-state index contributed by atoms with van der Waals surface area (Å²) in [4.78, 5) is 42.1. The molecule has 0 aliphatic carbocycles. The first-order chi connectivity index (χ1) is 15.7. The summed E-state index contributed by atoms with van der Waals surface area (Å²) < 4.78 is 0. The average molecular weight is 458 g/mol. The van der Waals surface area contributed by atoms with Gasteiger partial charge in [-0.15, -0.1) is 0 Å². The van der Waals surface area contributed by atoms with Crippen molar-refractivity contribution >= 4 is 23.4 Å². The van der Waals surface area contributed by atoms with Gasteiger partial charge in [-0.3, -0.25) is 24.5 Å². The van der Waals surface area contributed by atoms with E-state index in [1.165, 1.54) is 5.56 Å². The highest BCUT2D eigenvalue weighted by Gasteiger charge is 2.35. The van der Waals surface area contributed by atoms with Gasteiger partial charge in [0.1, 0.15) is 6.04 Å². The van der Waals surface area contributed by atoms with Gasteiger partial charge in [-0.2, -0.15) is 0 Å². The van der Waals surface area contributed by atoms with Gasteiger partial charge in [0, 0.05) is 43.1 Å². The fourth-order valence-corrected chi connectivity index (χ4v) is 4.36. The van der Waals surface area contributed by atoms with Crippen molar-refractivity contribution in [3.63, 3.8) is 0 Å². The quantitative estimate of drug-likeness (QED) is 0.306. The Hall–Kier alpha value is -2.91. The van der Waals surface area contributed by atoms with Gasteiger partial charge in [-0.05, 0) is 32.0 Å². The second kappa shape index (κ2) is 10.8. The molecule has 180 valence electrons. The molecule has 2 aliphatic heterocycles. The molecule has 2 bridgehead atoms. The van der Waals surface area contributed by atoms with Crippen molar-refractivity contribution in [2.24, 2.45) is 11.8 Å². The number of hydrogen-bond donors (Lipinski definition) is 4. The van der Waals surface area contributed by atoms with E-state index in [0.29, 0.717) is 19.6 Å². The first-order valence-electron chi connectivity index (χ1n) is 11.4. The minimum atomic E-state index is -0.746. The zero-order chi connectivity index (χ0) is 24.1. The molecule has 4 unspecified atom stereocenters. The summed E-state index contributed by atoms with van der Waals surface area (Å²) in [5.74, 6) is -2.66. The number of rotatable bonds is 4. The molecular weight excluding hydrogens is 422 g/mol. The zero-order valence-corrected chi connectivity index (χ0v) is 19.8. The summed E-state index contributed by atoms with van der Waals surface area (Å²) in [5, 5.41) is 14.7. The summed E-state index contributed by atoms with van der Waals surface area (Å²) >= 11 is 0. The molecule has 0 saturated carbocycles. The summed E-state index contributed by atoms with van der Waals surface area (Å²) in [6, 6.07) is 5.64. The molecule has 3 rings (SSSR count). The van der Waals surface area contributed by atoms with Crippen LogP contribution in [-0.2, 0) is 14.4 Å². The molecule has 0 saturated heterocycles. The second-order valence-electron chi connectivity index (χ2n) is 9.22. The van der Waals surface area contributed by atoms with Crippen LogP contribution in [0.4, 0.5) is 5.69 Å². The molecule has 4 N–H and O–H groups in total. The highest BCUT2D eigenvalue weighted by atomic mass is 16.5. The molecule has 33 heavy (non-hydrogen) atoms. The van der Waals surface area contributed by atoms with Gasteiger partial charge in [-0.1, -0.05) is 43.7 Å². The number of carbonyl (C=O) groups excluding carboxylic acids is 3. The maximum atomic E-state index is 13.1. The molecule has 9 nitrogen and oxygen atoms in total. The fraction of sp³-hybridized carbons (Fsp3) is 0.542. The Bertz CT molecular complexity index is 918. The highest BCUT2D eigenvalue weighted by molar-refractivity contribution is 5.91. The van der Waals surface area contributed by atoms with Crippen LogP contribution in [-0.4, -0.2) is 67.2 Å². The Morgan fingerprint density at radius 2 is 1.85 bits per heavy atom. The standard InChI is InChI=1S/C24H35N5O4/c1-15-7-8-21-19(11-15)18-12-20(26-22(30)16(2)17(3)23(31)27-33)24(32)25-14-28(4)9-5-6-10-29(21)13-18/h5-8,11,16-18,20,33H,9-10,12-14H2,1-4H3,(H,25,32)(H,26,30)(H,27,31)/b6-5+. The Balaban J connectivity index is 1.86. The van der Waals surface area contributed by atoms with Crippen molar-refractivity contribution in [1.29, 1.82) is 0 Å². The molecule has 0 aromatic heterocycles. The van der Waals surface area contributed by atoms with Crippen LogP contribution in [0.1, 0.15) is 37.3 Å². The van der Waals surface area contributed by atoms with Gasteiger partial charge in [0.2, 0.25) is 17.7 Å². The smallest absolute Gasteiger partial charge is 0.246 e. The van der Waals surface area contributed by atoms with Gasteiger partial charge in [0.25, 0.3) is 0 Å². The number of aryl methyl sites for hydroxylation is 1. The van der Waals surface area contributed by atoms with Crippen LogP contribution in [0, 0.1) is 18.8 Å². The van der Waals surface area contributed by atoms with Crippen LogP contribution in [0.3, 0.4) is 0 Å². The van der Waals surface area contributed by atoms with E-state index in [2.05, 4.69) is 52.8 Å². The number of carbonyl (C=O) groups is 3. The maximum Gasteiger partial charge on any atom is 0.246 e. The van der Waals surface area contributed by atoms with Crippen molar-refractivity contribution in [1.82, 2.24) is 21.0 Å². The van der Waals surface area contributed by atoms with E-state index in [1.807, 2.05) is 11.9 Å². The number of nitrogens with zero attached hydrogens (tertiary/aromatic N) is 2. The summed E-state index contributed by atoms with van der Waals surface area (Å²) in [5.41, 5.74) is 5.09. The summed E-state index contributed by atoms with van der Waals surface area (Å²) in [7, 11) is 1.92. The summed E-state index contributed by atoms with van der Waals surface area (Å²) in [6.45, 7) is 7.83. The number of benzene rings is 1. The van der Waals surface area contributed by atoms with Crippen molar-refractivity contribution in [2.75, 3.05) is 38.3 Å². The second-order valence-corrected chi connectivity index (χ2v) is 9.22. The van der Waals surface area contributed by atoms with Crippen molar-refractivity contribution in [3.05, 3.63) is 41.5 Å².